The molecule has 1 aromatic rings. The van der Waals surface area contributed by atoms with Gasteiger partial charge in [0, 0.05) is 20.1 Å². The van der Waals surface area contributed by atoms with Crippen LogP contribution in [0.5, 0.6) is 0 Å². The third-order valence-electron chi connectivity index (χ3n) is 3.28. The van der Waals surface area contributed by atoms with Crippen molar-refractivity contribution in [1.29, 1.82) is 0 Å². The Kier molecular flexibility index (Phi) is 10.6. The average molecular weight is 411 g/mol. The van der Waals surface area contributed by atoms with Crippen LogP contribution in [0.3, 0.4) is 0 Å². The van der Waals surface area contributed by atoms with Crippen LogP contribution < -0.4 is 4.90 Å². The Labute approximate surface area is 175 Å². The molecule has 0 fully saturated rings. The molecule has 8 nitrogen and oxygen atoms in total. The summed E-state index contributed by atoms with van der Waals surface area (Å²) >= 11 is 0. The molecule has 0 aliphatic carbocycles. The number of amides is 2. The van der Waals surface area contributed by atoms with E-state index >= 15 is 0 Å². The van der Waals surface area contributed by atoms with Gasteiger partial charge in [0.25, 0.3) is 0 Å². The van der Waals surface area contributed by atoms with Crippen LogP contribution in [0.25, 0.3) is 0 Å². The molecule has 0 aliphatic rings. The summed E-state index contributed by atoms with van der Waals surface area (Å²) in [5.74, 6) is 0.724. The molecule has 29 heavy (non-hydrogen) atoms. The summed E-state index contributed by atoms with van der Waals surface area (Å²) in [7, 11) is 1.88. The molecule has 8 heteroatoms. The van der Waals surface area contributed by atoms with Crippen molar-refractivity contribution in [2.45, 2.75) is 79.9 Å². The van der Waals surface area contributed by atoms with E-state index in [1.807, 2.05) is 44.9 Å². The Bertz CT molecular complexity index is 606. The highest BCUT2D eigenvalue weighted by Crippen LogP contribution is 2.15. The third kappa shape index (κ3) is 11.3. The first-order chi connectivity index (χ1) is 13.3. The van der Waals surface area contributed by atoms with Gasteiger partial charge in [-0.05, 0) is 67.0 Å². The summed E-state index contributed by atoms with van der Waals surface area (Å²) in [6, 6.07) is 3.76. The number of aromatic nitrogens is 2. The predicted octanol–water partition coefficient (Wildman–Crippen LogP) is 4.81. The molecule has 1 aromatic heterocycles. The van der Waals surface area contributed by atoms with E-state index in [2.05, 4.69) is 10.2 Å². The lowest BCUT2D eigenvalue weighted by atomic mass is 10.2. The predicted molar refractivity (Wildman–Crippen MR) is 115 cm³/mol. The number of anilines is 1. The molecule has 0 N–H and O–H groups in total. The highest BCUT2D eigenvalue weighted by molar-refractivity contribution is 5.88. The van der Waals surface area contributed by atoms with Crippen LogP contribution in [0.4, 0.5) is 15.4 Å². The van der Waals surface area contributed by atoms with Crippen LogP contribution in [0.1, 0.15) is 67.5 Å². The Balaban J connectivity index is 0.00000379. The van der Waals surface area contributed by atoms with Crippen LogP contribution >= 0.6 is 0 Å². The smallest absolute Gasteiger partial charge is 0.419 e. The van der Waals surface area contributed by atoms with Crippen molar-refractivity contribution in [3.8, 4) is 0 Å². The van der Waals surface area contributed by atoms with Gasteiger partial charge in [-0.1, -0.05) is 13.8 Å². The van der Waals surface area contributed by atoms with Crippen molar-refractivity contribution in [3.63, 3.8) is 0 Å². The lowest BCUT2D eigenvalue weighted by molar-refractivity contribution is 0.00139. The van der Waals surface area contributed by atoms with Crippen molar-refractivity contribution in [2.75, 3.05) is 25.0 Å². The molecule has 0 atom stereocenters. The zero-order chi connectivity index (χ0) is 22.8. The van der Waals surface area contributed by atoms with Gasteiger partial charge >= 0.3 is 12.2 Å². The fourth-order valence-electron chi connectivity index (χ4n) is 2.07. The Hall–Kier alpha value is -2.38. The van der Waals surface area contributed by atoms with E-state index in [4.69, 9.17) is 9.47 Å². The number of ether oxygens (including phenoxy) is 2. The molecule has 0 saturated carbocycles. The van der Waals surface area contributed by atoms with Gasteiger partial charge in [-0.25, -0.2) is 14.5 Å². The molecule has 0 bridgehead atoms. The number of hydrogen-bond acceptors (Lipinski definition) is 7. The number of rotatable bonds is 5. The van der Waals surface area contributed by atoms with Gasteiger partial charge in [0.05, 0.1) is 5.69 Å². The highest BCUT2D eigenvalue weighted by atomic mass is 16.6. The Morgan fingerprint density at radius 2 is 1.38 bits per heavy atom. The number of aryl methyl sites for hydroxylation is 1. The van der Waals surface area contributed by atoms with Gasteiger partial charge in [-0.3, -0.25) is 0 Å². The summed E-state index contributed by atoms with van der Waals surface area (Å²) in [4.78, 5) is 27.8. The lowest BCUT2D eigenvalue weighted by Gasteiger charge is -2.29. The minimum absolute atomic E-state index is 0.174. The zero-order valence-corrected chi connectivity index (χ0v) is 19.7. The van der Waals surface area contributed by atoms with Crippen molar-refractivity contribution in [3.05, 3.63) is 17.8 Å². The van der Waals surface area contributed by atoms with Gasteiger partial charge in [-0.15, -0.1) is 5.10 Å². The molecule has 0 unspecified atom stereocenters. The van der Waals surface area contributed by atoms with Gasteiger partial charge in [0.2, 0.25) is 0 Å². The molecule has 0 aliphatic heterocycles. The maximum absolute atomic E-state index is 12.4. The second kappa shape index (κ2) is 11.6. The van der Waals surface area contributed by atoms with E-state index in [0.717, 1.165) is 16.4 Å². The van der Waals surface area contributed by atoms with Crippen LogP contribution in [-0.4, -0.2) is 58.6 Å². The van der Waals surface area contributed by atoms with E-state index in [-0.39, 0.29) is 6.54 Å². The molecule has 0 radical (unpaired) electrons. The molecule has 1 heterocycles. The molecule has 2 amide bonds. The quantitative estimate of drug-likeness (QED) is 0.688. The number of carbonyl (C=O) groups excluding carboxylic acids is 2. The summed E-state index contributed by atoms with van der Waals surface area (Å²) < 4.78 is 10.7. The fourth-order valence-corrected chi connectivity index (χ4v) is 2.07. The SMILES string of the molecule is CC.Cc1ccc(N(C)CCCN(C(=O)OC(C)(C)C)C(=O)OC(C)(C)C)nn1. The topological polar surface area (TPSA) is 84.9 Å². The van der Waals surface area contributed by atoms with Crippen LogP contribution in [-0.2, 0) is 9.47 Å². The van der Waals surface area contributed by atoms with Crippen molar-refractivity contribution in [2.24, 2.45) is 0 Å². The van der Waals surface area contributed by atoms with E-state index in [1.165, 1.54) is 0 Å². The second-order valence-electron chi connectivity index (χ2n) is 8.42. The summed E-state index contributed by atoms with van der Waals surface area (Å²) in [6.45, 7) is 17.1. The van der Waals surface area contributed by atoms with E-state index in [1.54, 1.807) is 41.5 Å². The van der Waals surface area contributed by atoms with Gasteiger partial charge in [-0.2, -0.15) is 5.10 Å². The summed E-state index contributed by atoms with van der Waals surface area (Å²) in [5.41, 5.74) is -0.565. The highest BCUT2D eigenvalue weighted by Gasteiger charge is 2.30. The molecule has 1 rings (SSSR count). The summed E-state index contributed by atoms with van der Waals surface area (Å²) in [5, 5.41) is 8.15. The summed E-state index contributed by atoms with van der Waals surface area (Å²) in [6.07, 6.45) is -0.895. The van der Waals surface area contributed by atoms with Crippen LogP contribution in [0, 0.1) is 6.92 Å². The van der Waals surface area contributed by atoms with Gasteiger partial charge in [0.15, 0.2) is 5.82 Å². The largest absolute Gasteiger partial charge is 0.443 e. The van der Waals surface area contributed by atoms with Crippen LogP contribution in [0.2, 0.25) is 0 Å². The number of hydrogen-bond donors (Lipinski definition) is 0. The fraction of sp³-hybridized carbons (Fsp3) is 0.714. The number of carbonyl (C=O) groups is 2. The normalized spacial score (nSPS) is 11.1. The molecule has 166 valence electrons. The van der Waals surface area contributed by atoms with Gasteiger partial charge in [0.1, 0.15) is 11.2 Å². The third-order valence-corrected chi connectivity index (χ3v) is 3.28. The lowest BCUT2D eigenvalue weighted by Crippen LogP contribution is -2.44. The van der Waals surface area contributed by atoms with Crippen LogP contribution in [0.15, 0.2) is 12.1 Å². The molecule has 0 saturated heterocycles. The van der Waals surface area contributed by atoms with Crippen molar-refractivity contribution in [1.82, 2.24) is 15.1 Å². The van der Waals surface area contributed by atoms with Crippen molar-refractivity contribution >= 4 is 18.0 Å². The minimum atomic E-state index is -0.713. The standard InChI is InChI=1S/C19H32N4O4.C2H6/c1-14-10-11-15(21-20-14)22(8)12-9-13-23(16(24)26-18(2,3)4)17(25)27-19(5,6)7;1-2/h10-11H,9,12-13H2,1-8H3;1-2H3. The maximum Gasteiger partial charge on any atom is 0.419 e. The Morgan fingerprint density at radius 3 is 1.76 bits per heavy atom. The molecular weight excluding hydrogens is 372 g/mol. The van der Waals surface area contributed by atoms with E-state index in [0.29, 0.717) is 13.0 Å². The molecular formula is C21H38N4O4. The second-order valence-corrected chi connectivity index (χ2v) is 8.42. The van der Waals surface area contributed by atoms with Gasteiger partial charge < -0.3 is 14.4 Å². The first-order valence-corrected chi connectivity index (χ1v) is 10.0. The average Bonchev–Trinajstić information content (AvgIpc) is 2.57. The zero-order valence-electron chi connectivity index (χ0n) is 19.7. The Morgan fingerprint density at radius 1 is 0.897 bits per heavy atom. The van der Waals surface area contributed by atoms with E-state index < -0.39 is 23.4 Å². The first kappa shape index (κ1) is 26.6. The number of imide groups is 1. The molecule has 0 spiro atoms. The van der Waals surface area contributed by atoms with E-state index in [9.17, 15) is 9.59 Å². The monoisotopic (exact) mass is 410 g/mol. The minimum Gasteiger partial charge on any atom is -0.443 e. The maximum atomic E-state index is 12.4. The molecule has 0 aromatic carbocycles. The van der Waals surface area contributed by atoms with Crippen molar-refractivity contribution < 1.29 is 19.1 Å². The number of nitrogens with zero attached hydrogens (tertiary/aromatic N) is 4. The first-order valence-electron chi connectivity index (χ1n) is 10.0.